The summed E-state index contributed by atoms with van der Waals surface area (Å²) in [6.45, 7) is 6.21. The number of hydrogen-bond donors (Lipinski definition) is 3. The predicted octanol–water partition coefficient (Wildman–Crippen LogP) is 1.34. The zero-order valence-electron chi connectivity index (χ0n) is 19.1. The van der Waals surface area contributed by atoms with Crippen LogP contribution in [0.25, 0.3) is 0 Å². The lowest BCUT2D eigenvalue weighted by Gasteiger charge is -2.55. The summed E-state index contributed by atoms with van der Waals surface area (Å²) in [5.41, 5.74) is -0.582. The summed E-state index contributed by atoms with van der Waals surface area (Å²) in [4.78, 5) is 24.6. The van der Waals surface area contributed by atoms with Crippen LogP contribution in [-0.4, -0.2) is 36.4 Å². The highest BCUT2D eigenvalue weighted by molar-refractivity contribution is 7.91. The minimum atomic E-state index is -4.13. The van der Waals surface area contributed by atoms with Gasteiger partial charge in [0.15, 0.2) is 5.75 Å². The Morgan fingerprint density at radius 3 is 2.29 bits per heavy atom. The van der Waals surface area contributed by atoms with E-state index in [4.69, 9.17) is 15.2 Å². The number of nitrogens with two attached hydrogens (primary N) is 1. The normalized spacial score (nSPS) is 23.8. The molecule has 4 N–H and O–H groups in total. The van der Waals surface area contributed by atoms with Gasteiger partial charge < -0.3 is 25.4 Å². The number of benzene rings is 2. The van der Waals surface area contributed by atoms with Crippen molar-refractivity contribution in [1.82, 2.24) is 0 Å². The van der Waals surface area contributed by atoms with Gasteiger partial charge in [-0.3, -0.25) is 9.59 Å². The molecular formula is C24H25NO8S. The van der Waals surface area contributed by atoms with E-state index in [1.54, 1.807) is 20.8 Å². The van der Waals surface area contributed by atoms with Crippen molar-refractivity contribution >= 4 is 9.84 Å². The van der Waals surface area contributed by atoms with Crippen molar-refractivity contribution < 1.29 is 28.1 Å². The van der Waals surface area contributed by atoms with E-state index in [-0.39, 0.29) is 44.8 Å². The Bertz CT molecular complexity index is 1480. The minimum Gasteiger partial charge on any atom is -0.508 e. The molecule has 4 rings (SSSR count). The summed E-state index contributed by atoms with van der Waals surface area (Å²) >= 11 is 0. The lowest BCUT2D eigenvalue weighted by molar-refractivity contribution is -0.155. The van der Waals surface area contributed by atoms with Crippen molar-refractivity contribution in [3.8, 4) is 17.2 Å². The number of phenolic OH excluding ortho intramolecular Hbond substituents is 1. The van der Waals surface area contributed by atoms with Crippen LogP contribution in [0, 0.1) is 0 Å². The van der Waals surface area contributed by atoms with Crippen LogP contribution in [0.15, 0.2) is 61.8 Å². The molecule has 1 aliphatic heterocycles. The zero-order valence-corrected chi connectivity index (χ0v) is 19.9. The first-order valence-corrected chi connectivity index (χ1v) is 12.0. The van der Waals surface area contributed by atoms with Crippen LogP contribution in [-0.2, 0) is 15.4 Å². The molecule has 3 aromatic carbocycles. The SMILES string of the molecule is CCOc1c([C@]2(N)c3cc(S(=O)(=O)c4cccc(O)c4)ccc3OC(C)(C)[C@@]2(C)O)c(=O)c1=O. The number of aromatic hydroxyl groups is 1. The second-order valence-electron chi connectivity index (χ2n) is 8.95. The molecule has 0 radical (unpaired) electrons. The molecule has 0 fully saturated rings. The average Bonchev–Trinajstić information content (AvgIpc) is 2.77. The van der Waals surface area contributed by atoms with Gasteiger partial charge in [-0.05, 0) is 64.1 Å². The van der Waals surface area contributed by atoms with E-state index in [0.717, 1.165) is 6.07 Å². The van der Waals surface area contributed by atoms with Crippen LogP contribution < -0.4 is 26.1 Å². The van der Waals surface area contributed by atoms with Gasteiger partial charge in [0.1, 0.15) is 28.2 Å². The largest absolute Gasteiger partial charge is 0.508 e. The highest BCUT2D eigenvalue weighted by Crippen LogP contribution is 2.53. The fourth-order valence-corrected chi connectivity index (χ4v) is 5.69. The molecule has 0 aliphatic carbocycles. The standard InChI is InChI=1S/C24H25NO8S/c1-5-32-21-18(19(27)20(21)28)24(25)16-12-15(34(30,31)14-8-6-7-13(26)11-14)9-10-17(16)33-22(2,3)23(24,4)29/h6-12,26,29H,5,25H2,1-4H3/t23-,24-/m1/s1. The summed E-state index contributed by atoms with van der Waals surface area (Å²) in [5.74, 6) is -0.352. The smallest absolute Gasteiger partial charge is 0.268 e. The molecule has 34 heavy (non-hydrogen) atoms. The summed E-state index contributed by atoms with van der Waals surface area (Å²) < 4.78 is 37.9. The molecule has 1 aliphatic rings. The minimum absolute atomic E-state index is 0.00565. The maximum Gasteiger partial charge on any atom is 0.268 e. The Balaban J connectivity index is 2.03. The van der Waals surface area contributed by atoms with Gasteiger partial charge in [0.05, 0.1) is 22.0 Å². The van der Waals surface area contributed by atoms with Gasteiger partial charge in [-0.25, -0.2) is 8.42 Å². The lowest BCUT2D eigenvalue weighted by Crippen LogP contribution is -2.73. The molecule has 3 aromatic rings. The monoisotopic (exact) mass is 487 g/mol. The van der Waals surface area contributed by atoms with Crippen molar-refractivity contribution in [1.29, 1.82) is 0 Å². The number of ether oxygens (including phenoxy) is 2. The van der Waals surface area contributed by atoms with E-state index in [1.807, 2.05) is 0 Å². The molecule has 0 saturated heterocycles. The van der Waals surface area contributed by atoms with Gasteiger partial charge in [-0.2, -0.15) is 0 Å². The second-order valence-corrected chi connectivity index (χ2v) is 10.9. The summed E-state index contributed by atoms with van der Waals surface area (Å²) in [5, 5.41) is 21.4. The Labute approximate surface area is 196 Å². The molecule has 0 bridgehead atoms. The molecule has 180 valence electrons. The topological polar surface area (TPSA) is 153 Å². The van der Waals surface area contributed by atoms with Crippen LogP contribution in [0.5, 0.6) is 17.2 Å². The summed E-state index contributed by atoms with van der Waals surface area (Å²) in [6.07, 6.45) is 0. The van der Waals surface area contributed by atoms with E-state index in [0.29, 0.717) is 0 Å². The number of rotatable bonds is 5. The molecule has 9 nitrogen and oxygen atoms in total. The molecule has 0 aromatic heterocycles. The number of aliphatic hydroxyl groups is 1. The first-order chi connectivity index (χ1) is 15.7. The lowest BCUT2D eigenvalue weighted by atomic mass is 9.62. The zero-order chi connectivity index (χ0) is 25.3. The molecule has 2 atom stereocenters. The Hall–Kier alpha value is -3.21. The van der Waals surface area contributed by atoms with Crippen molar-refractivity contribution in [2.45, 2.75) is 54.2 Å². The molecule has 10 heteroatoms. The maximum atomic E-state index is 13.3. The van der Waals surface area contributed by atoms with Crippen LogP contribution in [0.3, 0.4) is 0 Å². The van der Waals surface area contributed by atoms with E-state index < -0.39 is 37.4 Å². The highest BCUT2D eigenvalue weighted by atomic mass is 32.2. The third kappa shape index (κ3) is 3.02. The fraction of sp³-hybridized carbons (Fsp3) is 0.333. The molecular weight excluding hydrogens is 462 g/mol. The third-order valence-electron chi connectivity index (χ3n) is 6.67. The number of phenols is 1. The van der Waals surface area contributed by atoms with Crippen LogP contribution in [0.2, 0.25) is 0 Å². The molecule has 0 saturated carbocycles. The van der Waals surface area contributed by atoms with E-state index >= 15 is 0 Å². The third-order valence-corrected chi connectivity index (χ3v) is 8.42. The van der Waals surface area contributed by atoms with Gasteiger partial charge in [-0.15, -0.1) is 0 Å². The van der Waals surface area contributed by atoms with Crippen molar-refractivity contribution in [2.24, 2.45) is 5.73 Å². The molecule has 0 amide bonds. The van der Waals surface area contributed by atoms with Crippen LogP contribution in [0.1, 0.15) is 38.8 Å². The maximum absolute atomic E-state index is 13.3. The first-order valence-electron chi connectivity index (χ1n) is 10.6. The quantitative estimate of drug-likeness (QED) is 0.453. The highest BCUT2D eigenvalue weighted by Gasteiger charge is 2.64. The van der Waals surface area contributed by atoms with Gasteiger partial charge >= 0.3 is 0 Å². The summed E-state index contributed by atoms with van der Waals surface area (Å²) in [6, 6.07) is 9.06. The molecule has 1 heterocycles. The predicted molar refractivity (Wildman–Crippen MR) is 123 cm³/mol. The van der Waals surface area contributed by atoms with Crippen LogP contribution in [0.4, 0.5) is 0 Å². The van der Waals surface area contributed by atoms with Crippen LogP contribution >= 0.6 is 0 Å². The Kier molecular flexibility index (Phi) is 5.20. The molecule has 0 unspecified atom stereocenters. The van der Waals surface area contributed by atoms with E-state index in [2.05, 4.69) is 0 Å². The van der Waals surface area contributed by atoms with Crippen molar-refractivity contribution in [2.75, 3.05) is 6.61 Å². The van der Waals surface area contributed by atoms with Crippen molar-refractivity contribution in [3.63, 3.8) is 0 Å². The van der Waals surface area contributed by atoms with Gasteiger partial charge in [-0.1, -0.05) is 6.07 Å². The average molecular weight is 488 g/mol. The van der Waals surface area contributed by atoms with Gasteiger partial charge in [0.25, 0.3) is 5.43 Å². The number of sulfone groups is 1. The van der Waals surface area contributed by atoms with Gasteiger partial charge in [0, 0.05) is 5.56 Å². The molecule has 0 spiro atoms. The van der Waals surface area contributed by atoms with Crippen molar-refractivity contribution in [3.05, 3.63) is 74.0 Å². The Morgan fingerprint density at radius 1 is 1.03 bits per heavy atom. The number of hydrogen-bond acceptors (Lipinski definition) is 9. The second kappa shape index (κ2) is 7.39. The summed E-state index contributed by atoms with van der Waals surface area (Å²) in [7, 11) is -4.13. The van der Waals surface area contributed by atoms with Gasteiger partial charge in [0.2, 0.25) is 15.3 Å². The first kappa shape index (κ1) is 23.9. The Morgan fingerprint density at radius 2 is 1.68 bits per heavy atom. The number of fused-ring (bicyclic) bond motifs is 1. The fourth-order valence-electron chi connectivity index (χ4n) is 4.36. The van der Waals surface area contributed by atoms with E-state index in [9.17, 15) is 28.2 Å². The van der Waals surface area contributed by atoms with E-state index in [1.165, 1.54) is 43.3 Å².